The minimum absolute atomic E-state index is 0.263. The molecule has 0 amide bonds. The number of H-pyrrole nitrogens is 1. The summed E-state index contributed by atoms with van der Waals surface area (Å²) >= 11 is 5.85. The molecule has 22 heavy (non-hydrogen) atoms. The van der Waals surface area contributed by atoms with E-state index in [9.17, 15) is 14.7 Å². The van der Waals surface area contributed by atoms with Crippen LogP contribution in [-0.2, 0) is 13.6 Å². The van der Waals surface area contributed by atoms with Crippen molar-refractivity contribution in [2.24, 2.45) is 7.05 Å². The lowest BCUT2D eigenvalue weighted by Gasteiger charge is -2.09. The highest BCUT2D eigenvalue weighted by molar-refractivity contribution is 6.29. The number of halogens is 1. The molecule has 0 bridgehead atoms. The Bertz CT molecular complexity index is 827. The summed E-state index contributed by atoms with van der Waals surface area (Å²) in [5, 5.41) is 12.9. The lowest BCUT2D eigenvalue weighted by atomic mass is 10.4. The predicted molar refractivity (Wildman–Crippen MR) is 85.4 cm³/mol. The van der Waals surface area contributed by atoms with Gasteiger partial charge in [0.05, 0.1) is 6.10 Å². The van der Waals surface area contributed by atoms with E-state index in [1.807, 2.05) is 0 Å². The molecule has 0 spiro atoms. The van der Waals surface area contributed by atoms with Crippen LogP contribution in [0.4, 0.5) is 5.95 Å². The summed E-state index contributed by atoms with van der Waals surface area (Å²) in [5.74, 6) is 0.386. The number of allylic oxidation sites excluding steroid dienone is 2. The standard InChI is InChI=1S/C13H18ClN5O3/c1-7(14)4-5-19-9-10(16-12(19)15-6-8(2)20)18(3)13(22)17-11(9)21/h4,8,20H,5-6H2,1-3H3,(H,15,16)(H,17,21,22)/b7-4-/t8-/m0/s1. The van der Waals surface area contributed by atoms with Gasteiger partial charge in [-0.3, -0.25) is 14.3 Å². The van der Waals surface area contributed by atoms with Gasteiger partial charge in [-0.2, -0.15) is 4.98 Å². The van der Waals surface area contributed by atoms with E-state index in [2.05, 4.69) is 15.3 Å². The van der Waals surface area contributed by atoms with E-state index in [0.29, 0.717) is 17.5 Å². The van der Waals surface area contributed by atoms with Crippen LogP contribution in [0.25, 0.3) is 11.2 Å². The van der Waals surface area contributed by atoms with Gasteiger partial charge < -0.3 is 15.0 Å². The highest BCUT2D eigenvalue weighted by atomic mass is 35.5. The second kappa shape index (κ2) is 6.37. The van der Waals surface area contributed by atoms with Crippen molar-refractivity contribution in [3.63, 3.8) is 0 Å². The van der Waals surface area contributed by atoms with E-state index in [1.165, 1.54) is 11.6 Å². The number of imidazole rings is 1. The number of nitrogens with one attached hydrogen (secondary N) is 2. The minimum Gasteiger partial charge on any atom is -0.392 e. The third kappa shape index (κ3) is 3.23. The number of hydrogen-bond donors (Lipinski definition) is 3. The first kappa shape index (κ1) is 16.3. The minimum atomic E-state index is -0.583. The molecule has 0 aromatic carbocycles. The maximum Gasteiger partial charge on any atom is 0.329 e. The molecule has 0 aliphatic carbocycles. The summed E-state index contributed by atoms with van der Waals surface area (Å²) in [6, 6.07) is 0. The van der Waals surface area contributed by atoms with Gasteiger partial charge in [-0.1, -0.05) is 17.7 Å². The normalized spacial score (nSPS) is 13.6. The Morgan fingerprint density at radius 1 is 1.55 bits per heavy atom. The Balaban J connectivity index is 2.66. The smallest absolute Gasteiger partial charge is 0.329 e. The maximum absolute atomic E-state index is 12.1. The topological polar surface area (TPSA) is 105 Å². The average Bonchev–Trinajstić information content (AvgIpc) is 2.79. The second-order valence-electron chi connectivity index (χ2n) is 5.06. The van der Waals surface area contributed by atoms with Crippen molar-refractivity contribution in [2.45, 2.75) is 26.5 Å². The molecule has 2 heterocycles. The van der Waals surface area contributed by atoms with Gasteiger partial charge in [-0.05, 0) is 13.8 Å². The summed E-state index contributed by atoms with van der Waals surface area (Å²) in [6.07, 6.45) is 1.14. The molecular weight excluding hydrogens is 310 g/mol. The Hall–Kier alpha value is -2.06. The number of fused-ring (bicyclic) bond motifs is 1. The molecule has 8 nitrogen and oxygen atoms in total. The fourth-order valence-electron chi connectivity index (χ4n) is 2.00. The lowest BCUT2D eigenvalue weighted by Crippen LogP contribution is -2.29. The number of rotatable bonds is 5. The van der Waals surface area contributed by atoms with Crippen LogP contribution in [0.3, 0.4) is 0 Å². The van der Waals surface area contributed by atoms with E-state index in [0.717, 1.165) is 0 Å². The number of aromatic nitrogens is 4. The molecule has 0 radical (unpaired) electrons. The van der Waals surface area contributed by atoms with Crippen molar-refractivity contribution >= 4 is 28.7 Å². The van der Waals surface area contributed by atoms with Crippen molar-refractivity contribution in [3.8, 4) is 0 Å². The zero-order valence-corrected chi connectivity index (χ0v) is 13.3. The average molecular weight is 328 g/mol. The van der Waals surface area contributed by atoms with Crippen LogP contribution < -0.4 is 16.6 Å². The Morgan fingerprint density at radius 3 is 2.82 bits per heavy atom. The van der Waals surface area contributed by atoms with Gasteiger partial charge in [0.2, 0.25) is 5.95 Å². The summed E-state index contributed by atoms with van der Waals surface area (Å²) in [6.45, 7) is 3.93. The van der Waals surface area contributed by atoms with Crippen molar-refractivity contribution in [2.75, 3.05) is 11.9 Å². The predicted octanol–water partition coefficient (Wildman–Crippen LogP) is 0.359. The van der Waals surface area contributed by atoms with Gasteiger partial charge in [0.25, 0.3) is 5.56 Å². The molecule has 2 aromatic heterocycles. The maximum atomic E-state index is 12.1. The Kier molecular flexibility index (Phi) is 4.72. The van der Waals surface area contributed by atoms with E-state index in [-0.39, 0.29) is 17.7 Å². The van der Waals surface area contributed by atoms with Gasteiger partial charge in [0.1, 0.15) is 0 Å². The van der Waals surface area contributed by atoms with E-state index < -0.39 is 17.4 Å². The monoisotopic (exact) mass is 327 g/mol. The van der Waals surface area contributed by atoms with Crippen molar-refractivity contribution < 1.29 is 5.11 Å². The molecule has 120 valence electrons. The summed E-state index contributed by atoms with van der Waals surface area (Å²) in [7, 11) is 1.53. The largest absolute Gasteiger partial charge is 0.392 e. The number of aromatic amines is 1. The quantitative estimate of drug-likeness (QED) is 0.735. The SMILES string of the molecule is C/C(Cl)=C/Cn1c(NC[C@H](C)O)nc2c1c(=O)[nH]c(=O)n2C. The third-order valence-corrected chi connectivity index (χ3v) is 3.27. The van der Waals surface area contributed by atoms with Gasteiger partial charge in [-0.15, -0.1) is 0 Å². The molecule has 0 saturated carbocycles. The van der Waals surface area contributed by atoms with Crippen LogP contribution >= 0.6 is 11.6 Å². The fraction of sp³-hybridized carbons (Fsp3) is 0.462. The molecule has 3 N–H and O–H groups in total. The molecule has 2 aromatic rings. The van der Waals surface area contributed by atoms with Crippen LogP contribution in [0.5, 0.6) is 0 Å². The van der Waals surface area contributed by atoms with Crippen LogP contribution in [0, 0.1) is 0 Å². The van der Waals surface area contributed by atoms with Gasteiger partial charge >= 0.3 is 5.69 Å². The van der Waals surface area contributed by atoms with Gasteiger partial charge in [0.15, 0.2) is 11.2 Å². The highest BCUT2D eigenvalue weighted by Gasteiger charge is 2.16. The number of aliphatic hydroxyl groups is 1. The molecular formula is C13H18ClN5O3. The molecule has 0 aliphatic rings. The number of nitrogens with zero attached hydrogens (tertiary/aromatic N) is 3. The van der Waals surface area contributed by atoms with Crippen LogP contribution in [0.1, 0.15) is 13.8 Å². The molecule has 0 unspecified atom stereocenters. The zero-order valence-electron chi connectivity index (χ0n) is 12.6. The highest BCUT2D eigenvalue weighted by Crippen LogP contribution is 2.16. The summed E-state index contributed by atoms with van der Waals surface area (Å²) in [5.41, 5.74) is -0.517. The van der Waals surface area contributed by atoms with E-state index in [4.69, 9.17) is 11.6 Å². The Morgan fingerprint density at radius 2 is 2.23 bits per heavy atom. The van der Waals surface area contributed by atoms with Crippen LogP contribution in [0.2, 0.25) is 0 Å². The summed E-state index contributed by atoms with van der Waals surface area (Å²) < 4.78 is 2.87. The van der Waals surface area contributed by atoms with Gasteiger partial charge in [-0.25, -0.2) is 4.79 Å². The van der Waals surface area contributed by atoms with Crippen LogP contribution in [0.15, 0.2) is 20.7 Å². The molecule has 0 fully saturated rings. The first-order chi connectivity index (χ1) is 10.3. The molecule has 1 atom stereocenters. The Labute approximate surface area is 131 Å². The van der Waals surface area contributed by atoms with Crippen molar-refractivity contribution in [3.05, 3.63) is 31.9 Å². The van der Waals surface area contributed by atoms with Gasteiger partial charge in [0, 0.05) is 25.2 Å². The molecule has 0 aliphatic heterocycles. The first-order valence-electron chi connectivity index (χ1n) is 6.75. The molecule has 0 saturated heterocycles. The van der Waals surface area contributed by atoms with Crippen LogP contribution in [-0.4, -0.2) is 36.9 Å². The first-order valence-corrected chi connectivity index (χ1v) is 7.12. The number of hydrogen-bond acceptors (Lipinski definition) is 5. The number of anilines is 1. The second-order valence-corrected chi connectivity index (χ2v) is 5.65. The van der Waals surface area contributed by atoms with Crippen molar-refractivity contribution in [1.82, 2.24) is 19.1 Å². The zero-order chi connectivity index (χ0) is 16.4. The van der Waals surface area contributed by atoms with E-state index in [1.54, 1.807) is 24.5 Å². The van der Waals surface area contributed by atoms with E-state index >= 15 is 0 Å². The summed E-state index contributed by atoms with van der Waals surface area (Å²) in [4.78, 5) is 30.3. The number of aryl methyl sites for hydroxylation is 1. The molecule has 9 heteroatoms. The van der Waals surface area contributed by atoms with Crippen molar-refractivity contribution in [1.29, 1.82) is 0 Å². The lowest BCUT2D eigenvalue weighted by molar-refractivity contribution is 0.208. The molecule has 2 rings (SSSR count). The third-order valence-electron chi connectivity index (χ3n) is 3.12. The fourth-order valence-corrected chi connectivity index (χ4v) is 2.07. The number of aliphatic hydroxyl groups excluding tert-OH is 1.